The molecule has 1 N–H and O–H groups in total. The van der Waals surface area contributed by atoms with E-state index in [9.17, 15) is 14.7 Å². The maximum absolute atomic E-state index is 12.3. The number of nitrogens with zero attached hydrogens (tertiary/aromatic N) is 1. The Morgan fingerprint density at radius 1 is 1.22 bits per heavy atom. The molecular weight excluding hydrogens is 298 g/mol. The Kier molecular flexibility index (Phi) is 4.82. The number of carboxylic acid groups (broad SMARTS) is 1. The molecule has 1 saturated heterocycles. The molecule has 1 aliphatic heterocycles. The van der Waals surface area contributed by atoms with Gasteiger partial charge < -0.3 is 14.6 Å². The molecule has 1 amide bonds. The van der Waals surface area contributed by atoms with E-state index in [1.54, 1.807) is 40.0 Å². The molecule has 126 valence electrons. The van der Waals surface area contributed by atoms with Gasteiger partial charge in [-0.05, 0) is 44.9 Å². The van der Waals surface area contributed by atoms with Crippen LogP contribution in [0.15, 0.2) is 24.3 Å². The van der Waals surface area contributed by atoms with Crippen molar-refractivity contribution in [3.8, 4) is 5.75 Å². The summed E-state index contributed by atoms with van der Waals surface area (Å²) < 4.78 is 10.4. The van der Waals surface area contributed by atoms with Crippen LogP contribution in [0.25, 0.3) is 0 Å². The number of hydrogen-bond donors (Lipinski definition) is 1. The van der Waals surface area contributed by atoms with Crippen molar-refractivity contribution < 1.29 is 24.2 Å². The normalized spacial score (nSPS) is 21.1. The largest absolute Gasteiger partial charge is 0.497 e. The number of amides is 1. The van der Waals surface area contributed by atoms with Crippen molar-refractivity contribution in [3.05, 3.63) is 29.8 Å². The SMILES string of the molecule is COc1ccc([C@H]2CCN(C(=O)OC(C)(C)C)[C@H]2C(=O)O)cc1. The fourth-order valence-corrected chi connectivity index (χ4v) is 2.82. The fourth-order valence-electron chi connectivity index (χ4n) is 2.82. The summed E-state index contributed by atoms with van der Waals surface area (Å²) in [6, 6.07) is 6.36. The van der Waals surface area contributed by atoms with E-state index in [-0.39, 0.29) is 5.92 Å². The van der Waals surface area contributed by atoms with Crippen molar-refractivity contribution in [2.45, 2.75) is 44.8 Å². The maximum Gasteiger partial charge on any atom is 0.411 e. The van der Waals surface area contributed by atoms with Gasteiger partial charge in [-0.3, -0.25) is 4.90 Å². The first kappa shape index (κ1) is 17.1. The Morgan fingerprint density at radius 3 is 2.30 bits per heavy atom. The molecule has 1 aliphatic rings. The van der Waals surface area contributed by atoms with Gasteiger partial charge >= 0.3 is 12.1 Å². The summed E-state index contributed by atoms with van der Waals surface area (Å²) in [7, 11) is 1.58. The van der Waals surface area contributed by atoms with E-state index in [0.29, 0.717) is 18.7 Å². The molecule has 23 heavy (non-hydrogen) atoms. The van der Waals surface area contributed by atoms with Crippen LogP contribution >= 0.6 is 0 Å². The smallest absolute Gasteiger partial charge is 0.411 e. The molecular formula is C17H23NO5. The van der Waals surface area contributed by atoms with Gasteiger partial charge in [-0.1, -0.05) is 12.1 Å². The van der Waals surface area contributed by atoms with Gasteiger partial charge in [-0.25, -0.2) is 9.59 Å². The number of carbonyl (C=O) groups is 2. The van der Waals surface area contributed by atoms with Crippen molar-refractivity contribution >= 4 is 12.1 Å². The number of benzene rings is 1. The Bertz CT molecular complexity index is 576. The fraction of sp³-hybridized carbons (Fsp3) is 0.529. The Labute approximate surface area is 136 Å². The summed E-state index contributed by atoms with van der Waals surface area (Å²) in [6.07, 6.45) is 0.00336. The Morgan fingerprint density at radius 2 is 1.83 bits per heavy atom. The quantitative estimate of drug-likeness (QED) is 0.926. The van der Waals surface area contributed by atoms with Crippen LogP contribution in [-0.2, 0) is 9.53 Å². The summed E-state index contributed by atoms with van der Waals surface area (Å²) in [5.74, 6) is -0.567. The lowest BCUT2D eigenvalue weighted by Crippen LogP contribution is -2.45. The number of ether oxygens (including phenoxy) is 2. The average molecular weight is 321 g/mol. The molecule has 1 fully saturated rings. The average Bonchev–Trinajstić information content (AvgIpc) is 2.90. The van der Waals surface area contributed by atoms with Crippen molar-refractivity contribution in [1.82, 2.24) is 4.90 Å². The molecule has 0 spiro atoms. The van der Waals surface area contributed by atoms with Gasteiger partial charge in [-0.15, -0.1) is 0 Å². The first-order valence-electron chi connectivity index (χ1n) is 7.59. The number of carbonyl (C=O) groups excluding carboxylic acids is 1. The van der Waals surface area contributed by atoms with E-state index in [2.05, 4.69) is 0 Å². The van der Waals surface area contributed by atoms with E-state index in [1.807, 2.05) is 12.1 Å². The summed E-state index contributed by atoms with van der Waals surface area (Å²) in [4.78, 5) is 25.3. The monoisotopic (exact) mass is 321 g/mol. The molecule has 0 radical (unpaired) electrons. The number of rotatable bonds is 3. The topological polar surface area (TPSA) is 76.1 Å². The minimum atomic E-state index is -1.02. The van der Waals surface area contributed by atoms with E-state index in [1.165, 1.54) is 4.90 Å². The van der Waals surface area contributed by atoms with Gasteiger partial charge in [-0.2, -0.15) is 0 Å². The third kappa shape index (κ3) is 3.94. The van der Waals surface area contributed by atoms with Gasteiger partial charge in [0.15, 0.2) is 0 Å². The molecule has 0 unspecified atom stereocenters. The summed E-state index contributed by atoms with van der Waals surface area (Å²) in [5.41, 5.74) is 0.225. The zero-order valence-electron chi connectivity index (χ0n) is 13.9. The van der Waals surface area contributed by atoms with Crippen LogP contribution in [0.5, 0.6) is 5.75 Å². The number of aliphatic carboxylic acids is 1. The number of methoxy groups -OCH3 is 1. The van der Waals surface area contributed by atoms with Crippen LogP contribution in [0.2, 0.25) is 0 Å². The molecule has 0 bridgehead atoms. The number of likely N-dealkylation sites (tertiary alicyclic amines) is 1. The molecule has 6 nitrogen and oxygen atoms in total. The predicted molar refractivity (Wildman–Crippen MR) is 84.7 cm³/mol. The van der Waals surface area contributed by atoms with Crippen LogP contribution in [-0.4, -0.2) is 47.4 Å². The lowest BCUT2D eigenvalue weighted by Gasteiger charge is -2.28. The van der Waals surface area contributed by atoms with Crippen LogP contribution in [0, 0.1) is 0 Å². The van der Waals surface area contributed by atoms with E-state index in [0.717, 1.165) is 5.56 Å². The zero-order chi connectivity index (χ0) is 17.2. The molecule has 0 aromatic heterocycles. The molecule has 2 atom stereocenters. The molecule has 1 heterocycles. The maximum atomic E-state index is 12.3. The highest BCUT2D eigenvalue weighted by molar-refractivity contribution is 5.82. The number of carboxylic acids is 1. The van der Waals surface area contributed by atoms with Crippen molar-refractivity contribution in [3.63, 3.8) is 0 Å². The van der Waals surface area contributed by atoms with Crippen molar-refractivity contribution in [2.75, 3.05) is 13.7 Å². The van der Waals surface area contributed by atoms with Crippen LogP contribution in [0.1, 0.15) is 38.7 Å². The second-order valence-electron chi connectivity index (χ2n) is 6.63. The van der Waals surface area contributed by atoms with Crippen molar-refractivity contribution in [1.29, 1.82) is 0 Å². The summed E-state index contributed by atoms with van der Waals surface area (Å²) in [5, 5.41) is 9.59. The van der Waals surface area contributed by atoms with Gasteiger partial charge in [0, 0.05) is 12.5 Å². The summed E-state index contributed by atoms with van der Waals surface area (Å²) >= 11 is 0. The van der Waals surface area contributed by atoms with E-state index < -0.39 is 23.7 Å². The van der Waals surface area contributed by atoms with Gasteiger partial charge in [0.2, 0.25) is 0 Å². The van der Waals surface area contributed by atoms with Crippen LogP contribution in [0.4, 0.5) is 4.79 Å². The molecule has 2 rings (SSSR count). The van der Waals surface area contributed by atoms with Crippen LogP contribution in [0.3, 0.4) is 0 Å². The first-order chi connectivity index (χ1) is 10.7. The zero-order valence-corrected chi connectivity index (χ0v) is 13.9. The van der Waals surface area contributed by atoms with E-state index >= 15 is 0 Å². The highest BCUT2D eigenvalue weighted by Gasteiger charge is 2.44. The highest BCUT2D eigenvalue weighted by atomic mass is 16.6. The van der Waals surface area contributed by atoms with E-state index in [4.69, 9.17) is 9.47 Å². The molecule has 1 aromatic rings. The van der Waals surface area contributed by atoms with Crippen molar-refractivity contribution in [2.24, 2.45) is 0 Å². The minimum Gasteiger partial charge on any atom is -0.497 e. The van der Waals surface area contributed by atoms with Crippen LogP contribution < -0.4 is 4.74 Å². The lowest BCUT2D eigenvalue weighted by atomic mass is 9.92. The Hall–Kier alpha value is -2.24. The predicted octanol–water partition coefficient (Wildman–Crippen LogP) is 2.87. The molecule has 6 heteroatoms. The Balaban J connectivity index is 2.22. The molecule has 1 aromatic carbocycles. The lowest BCUT2D eigenvalue weighted by molar-refractivity contribution is -0.142. The molecule has 0 aliphatic carbocycles. The standard InChI is InChI=1S/C17H23NO5/c1-17(2,3)23-16(21)18-10-9-13(14(18)15(19)20)11-5-7-12(22-4)8-6-11/h5-8,13-14H,9-10H2,1-4H3,(H,19,20)/t13-,14-/m1/s1. The second-order valence-corrected chi connectivity index (χ2v) is 6.63. The minimum absolute atomic E-state index is 0.258. The van der Waals surface area contributed by atoms with Gasteiger partial charge in [0.1, 0.15) is 17.4 Å². The third-order valence-electron chi connectivity index (χ3n) is 3.82. The summed E-state index contributed by atoms with van der Waals surface area (Å²) in [6.45, 7) is 5.65. The van der Waals surface area contributed by atoms with Gasteiger partial charge in [0.05, 0.1) is 7.11 Å². The number of hydrogen-bond acceptors (Lipinski definition) is 4. The second kappa shape index (κ2) is 6.48. The third-order valence-corrected chi connectivity index (χ3v) is 3.82. The van der Waals surface area contributed by atoms with Gasteiger partial charge in [0.25, 0.3) is 0 Å². The highest BCUT2D eigenvalue weighted by Crippen LogP contribution is 2.35. The molecule has 0 saturated carbocycles. The first-order valence-corrected chi connectivity index (χ1v) is 7.59.